The molecule has 0 aliphatic heterocycles. The predicted molar refractivity (Wildman–Crippen MR) is 124 cm³/mol. The molecule has 3 rings (SSSR count). The Labute approximate surface area is 184 Å². The number of nitrogens with one attached hydrogen (secondary N) is 2. The molecule has 0 heterocycles. The number of fused-ring (bicyclic) bond motifs is 1. The molecule has 0 radical (unpaired) electrons. The van der Waals surface area contributed by atoms with Gasteiger partial charge in [0.15, 0.2) is 0 Å². The number of amides is 2. The molecule has 0 spiro atoms. The first kappa shape index (κ1) is 22.1. The Kier molecular flexibility index (Phi) is 7.10. The molecule has 0 saturated heterocycles. The van der Waals surface area contributed by atoms with E-state index >= 15 is 0 Å². The lowest BCUT2D eigenvalue weighted by Gasteiger charge is -2.14. The minimum absolute atomic E-state index is 0.0456. The summed E-state index contributed by atoms with van der Waals surface area (Å²) in [6.45, 7) is 3.19. The SMILES string of the molecule is C/C(=C/C(=O)Nc1ccc(SC(C)C(=O)Nc2cccc3ccccc23)cc1)C(=O)O. The highest BCUT2D eigenvalue weighted by molar-refractivity contribution is 8.00. The van der Waals surface area contributed by atoms with Gasteiger partial charge in [0.05, 0.1) is 5.25 Å². The van der Waals surface area contributed by atoms with Crippen molar-refractivity contribution in [3.05, 3.63) is 78.4 Å². The molecule has 1 atom stereocenters. The van der Waals surface area contributed by atoms with Crippen LogP contribution in [-0.4, -0.2) is 28.1 Å². The van der Waals surface area contributed by atoms with Gasteiger partial charge in [0.25, 0.3) is 0 Å². The third kappa shape index (κ3) is 5.96. The average molecular weight is 435 g/mol. The average Bonchev–Trinajstić information content (AvgIpc) is 2.75. The molecule has 1 unspecified atom stereocenters. The molecule has 6 nitrogen and oxygen atoms in total. The smallest absolute Gasteiger partial charge is 0.331 e. The van der Waals surface area contributed by atoms with Crippen LogP contribution in [0, 0.1) is 0 Å². The second kappa shape index (κ2) is 9.95. The van der Waals surface area contributed by atoms with Crippen LogP contribution in [0.5, 0.6) is 0 Å². The Morgan fingerprint density at radius 1 is 0.935 bits per heavy atom. The van der Waals surface area contributed by atoms with Gasteiger partial charge in [-0.05, 0) is 49.6 Å². The molecule has 0 saturated carbocycles. The number of hydrogen-bond acceptors (Lipinski definition) is 4. The number of hydrogen-bond donors (Lipinski definition) is 3. The van der Waals surface area contributed by atoms with Gasteiger partial charge in [0, 0.05) is 33.3 Å². The van der Waals surface area contributed by atoms with E-state index in [0.29, 0.717) is 5.69 Å². The fourth-order valence-corrected chi connectivity index (χ4v) is 3.75. The lowest BCUT2D eigenvalue weighted by Crippen LogP contribution is -2.22. The predicted octanol–water partition coefficient (Wildman–Crippen LogP) is 4.93. The Morgan fingerprint density at radius 2 is 1.61 bits per heavy atom. The van der Waals surface area contributed by atoms with Crippen molar-refractivity contribution >= 4 is 51.7 Å². The van der Waals surface area contributed by atoms with E-state index in [1.165, 1.54) is 18.7 Å². The van der Waals surface area contributed by atoms with E-state index in [0.717, 1.165) is 27.4 Å². The maximum atomic E-state index is 12.7. The van der Waals surface area contributed by atoms with E-state index in [1.54, 1.807) is 24.3 Å². The summed E-state index contributed by atoms with van der Waals surface area (Å²) in [5.74, 6) is -1.76. The van der Waals surface area contributed by atoms with E-state index in [4.69, 9.17) is 5.11 Å². The molecule has 0 bridgehead atoms. The number of thioether (sulfide) groups is 1. The van der Waals surface area contributed by atoms with Gasteiger partial charge in [-0.3, -0.25) is 9.59 Å². The number of anilines is 2. The lowest BCUT2D eigenvalue weighted by atomic mass is 10.1. The summed E-state index contributed by atoms with van der Waals surface area (Å²) < 4.78 is 0. The van der Waals surface area contributed by atoms with Crippen molar-refractivity contribution in [1.82, 2.24) is 0 Å². The van der Waals surface area contributed by atoms with E-state index in [-0.39, 0.29) is 16.7 Å². The normalized spacial score (nSPS) is 12.3. The zero-order valence-electron chi connectivity index (χ0n) is 17.1. The summed E-state index contributed by atoms with van der Waals surface area (Å²) in [4.78, 5) is 36.2. The van der Waals surface area contributed by atoms with E-state index in [9.17, 15) is 14.4 Å². The molecule has 0 aromatic heterocycles. The van der Waals surface area contributed by atoms with Crippen molar-refractivity contribution in [3.8, 4) is 0 Å². The first-order valence-corrected chi connectivity index (χ1v) is 10.5. The molecule has 3 N–H and O–H groups in total. The molecule has 0 aliphatic carbocycles. The van der Waals surface area contributed by atoms with Gasteiger partial charge in [-0.1, -0.05) is 36.4 Å². The number of carboxylic acids is 1. The van der Waals surface area contributed by atoms with Crippen LogP contribution in [0.2, 0.25) is 0 Å². The number of aliphatic carboxylic acids is 1. The van der Waals surface area contributed by atoms with Crippen molar-refractivity contribution in [1.29, 1.82) is 0 Å². The number of benzene rings is 3. The van der Waals surface area contributed by atoms with Crippen LogP contribution in [0.4, 0.5) is 11.4 Å². The van der Waals surface area contributed by atoms with Crippen molar-refractivity contribution in [2.24, 2.45) is 0 Å². The maximum Gasteiger partial charge on any atom is 0.331 e. The van der Waals surface area contributed by atoms with E-state index in [1.807, 2.05) is 49.4 Å². The van der Waals surface area contributed by atoms with Gasteiger partial charge in [0.1, 0.15) is 0 Å². The van der Waals surface area contributed by atoms with Crippen molar-refractivity contribution in [2.45, 2.75) is 24.0 Å². The Hall–Kier alpha value is -3.58. The van der Waals surface area contributed by atoms with E-state index in [2.05, 4.69) is 10.6 Å². The highest BCUT2D eigenvalue weighted by atomic mass is 32.2. The fraction of sp³-hybridized carbons (Fsp3) is 0.125. The van der Waals surface area contributed by atoms with Crippen LogP contribution in [0.3, 0.4) is 0 Å². The summed E-state index contributed by atoms with van der Waals surface area (Å²) in [7, 11) is 0. The van der Waals surface area contributed by atoms with Crippen molar-refractivity contribution < 1.29 is 19.5 Å². The van der Waals surface area contributed by atoms with Gasteiger partial charge in [-0.25, -0.2) is 4.79 Å². The Morgan fingerprint density at radius 3 is 2.32 bits per heavy atom. The van der Waals surface area contributed by atoms with Crippen molar-refractivity contribution in [2.75, 3.05) is 10.6 Å². The number of rotatable bonds is 7. The Bertz CT molecular complexity index is 1150. The molecular formula is C24H22N2O4S. The molecular weight excluding hydrogens is 412 g/mol. The van der Waals surface area contributed by atoms with Gasteiger partial charge in [-0.15, -0.1) is 11.8 Å². The van der Waals surface area contributed by atoms with Crippen LogP contribution < -0.4 is 10.6 Å². The second-order valence-electron chi connectivity index (χ2n) is 6.92. The molecule has 31 heavy (non-hydrogen) atoms. The topological polar surface area (TPSA) is 95.5 Å². The number of carboxylic acid groups (broad SMARTS) is 1. The van der Waals surface area contributed by atoms with Crippen molar-refractivity contribution in [3.63, 3.8) is 0 Å². The first-order chi connectivity index (χ1) is 14.8. The summed E-state index contributed by atoms with van der Waals surface area (Å²) in [6, 6.07) is 20.7. The number of carbonyl (C=O) groups excluding carboxylic acids is 2. The standard InChI is InChI=1S/C24H22N2O4S/c1-15(24(29)30)14-22(27)25-18-10-12-19(13-11-18)31-16(2)23(28)26-21-9-5-7-17-6-3-4-8-20(17)21/h3-14,16H,1-2H3,(H,25,27)(H,26,28)(H,29,30)/b15-14-. The van der Waals surface area contributed by atoms with Gasteiger partial charge >= 0.3 is 5.97 Å². The fourth-order valence-electron chi connectivity index (χ4n) is 2.88. The Balaban J connectivity index is 1.60. The monoisotopic (exact) mass is 434 g/mol. The first-order valence-electron chi connectivity index (χ1n) is 9.61. The summed E-state index contributed by atoms with van der Waals surface area (Å²) >= 11 is 1.40. The van der Waals surface area contributed by atoms with Gasteiger partial charge < -0.3 is 15.7 Å². The van der Waals surface area contributed by atoms with Crippen LogP contribution >= 0.6 is 11.8 Å². The van der Waals surface area contributed by atoms with Gasteiger partial charge in [-0.2, -0.15) is 0 Å². The molecule has 158 valence electrons. The summed E-state index contributed by atoms with van der Waals surface area (Å²) in [5.41, 5.74) is 1.27. The molecule has 7 heteroatoms. The lowest BCUT2D eigenvalue weighted by molar-refractivity contribution is -0.132. The number of carbonyl (C=O) groups is 3. The second-order valence-corrected chi connectivity index (χ2v) is 8.34. The molecule has 0 aliphatic rings. The van der Waals surface area contributed by atoms with Crippen LogP contribution in [0.25, 0.3) is 10.8 Å². The minimum Gasteiger partial charge on any atom is -0.478 e. The zero-order valence-corrected chi connectivity index (χ0v) is 17.9. The molecule has 2 amide bonds. The quantitative estimate of drug-likeness (QED) is 0.362. The third-order valence-corrected chi connectivity index (χ3v) is 5.65. The zero-order chi connectivity index (χ0) is 22.4. The van der Waals surface area contributed by atoms with Crippen LogP contribution in [0.15, 0.2) is 83.3 Å². The highest BCUT2D eigenvalue weighted by Gasteiger charge is 2.16. The third-order valence-electron chi connectivity index (χ3n) is 4.54. The van der Waals surface area contributed by atoms with Crippen LogP contribution in [-0.2, 0) is 14.4 Å². The maximum absolute atomic E-state index is 12.7. The largest absolute Gasteiger partial charge is 0.478 e. The van der Waals surface area contributed by atoms with E-state index < -0.39 is 11.9 Å². The highest BCUT2D eigenvalue weighted by Crippen LogP contribution is 2.27. The molecule has 0 fully saturated rings. The minimum atomic E-state index is -1.14. The molecule has 3 aromatic rings. The molecule has 3 aromatic carbocycles. The van der Waals surface area contributed by atoms with Gasteiger partial charge in [0.2, 0.25) is 11.8 Å². The van der Waals surface area contributed by atoms with Crippen LogP contribution in [0.1, 0.15) is 13.8 Å². The summed E-state index contributed by atoms with van der Waals surface area (Å²) in [5, 5.41) is 16.2. The summed E-state index contributed by atoms with van der Waals surface area (Å²) in [6.07, 6.45) is 1.03.